The minimum absolute atomic E-state index is 0.483. The van der Waals surface area contributed by atoms with Gasteiger partial charge in [0.25, 0.3) is 0 Å². The van der Waals surface area contributed by atoms with Gasteiger partial charge in [-0.15, -0.1) is 11.6 Å². The zero-order valence-corrected chi connectivity index (χ0v) is 6.94. The van der Waals surface area contributed by atoms with E-state index in [1.807, 2.05) is 0 Å². The van der Waals surface area contributed by atoms with Gasteiger partial charge in [0, 0.05) is 5.69 Å². The van der Waals surface area contributed by atoms with Gasteiger partial charge in [-0.1, -0.05) is 13.8 Å². The second-order valence-electron chi connectivity index (χ2n) is 2.55. The lowest BCUT2D eigenvalue weighted by molar-refractivity contribution is 0.820. The highest BCUT2D eigenvalue weighted by Crippen LogP contribution is 2.15. The van der Waals surface area contributed by atoms with Crippen molar-refractivity contribution in [2.24, 2.45) is 0 Å². The molecule has 0 fully saturated rings. The molecule has 0 aliphatic rings. The monoisotopic (exact) mass is 158 g/mol. The maximum absolute atomic E-state index is 5.64. The van der Waals surface area contributed by atoms with E-state index >= 15 is 0 Å². The minimum Gasteiger partial charge on any atom is -0.348 e. The Morgan fingerprint density at radius 3 is 2.80 bits per heavy atom. The highest BCUT2D eigenvalue weighted by atomic mass is 35.5. The number of rotatable bonds is 2. The standard InChI is InChI=1S/C7H11ClN2/c1-5(2)7-6(3-8)9-4-10-7/h4-5H,3H2,1-2H3,(H,9,10). The summed E-state index contributed by atoms with van der Waals surface area (Å²) < 4.78 is 0. The summed E-state index contributed by atoms with van der Waals surface area (Å²) in [6.45, 7) is 4.23. The van der Waals surface area contributed by atoms with Crippen molar-refractivity contribution in [3.05, 3.63) is 17.7 Å². The molecule has 1 aromatic rings. The lowest BCUT2D eigenvalue weighted by Gasteiger charge is -2.01. The number of aromatic amines is 1. The van der Waals surface area contributed by atoms with Crippen LogP contribution in [-0.4, -0.2) is 9.97 Å². The van der Waals surface area contributed by atoms with Crippen molar-refractivity contribution in [2.75, 3.05) is 0 Å². The molecule has 1 N–H and O–H groups in total. The number of H-pyrrole nitrogens is 1. The Morgan fingerprint density at radius 2 is 2.40 bits per heavy atom. The lowest BCUT2D eigenvalue weighted by Crippen LogP contribution is -1.92. The van der Waals surface area contributed by atoms with Crippen LogP contribution in [0.5, 0.6) is 0 Å². The number of nitrogens with one attached hydrogen (secondary N) is 1. The molecule has 1 heterocycles. The molecular weight excluding hydrogens is 148 g/mol. The third-order valence-electron chi connectivity index (χ3n) is 1.46. The molecule has 2 nitrogen and oxygen atoms in total. The lowest BCUT2D eigenvalue weighted by atomic mass is 10.1. The molecule has 1 aromatic heterocycles. The molecule has 0 saturated heterocycles. The summed E-state index contributed by atoms with van der Waals surface area (Å²) in [5.41, 5.74) is 2.12. The number of hydrogen-bond acceptors (Lipinski definition) is 1. The fourth-order valence-corrected chi connectivity index (χ4v) is 1.15. The van der Waals surface area contributed by atoms with E-state index in [4.69, 9.17) is 11.6 Å². The Hall–Kier alpha value is -0.500. The average Bonchev–Trinajstić information content (AvgIpc) is 2.33. The molecule has 0 aliphatic carbocycles. The van der Waals surface area contributed by atoms with Crippen molar-refractivity contribution in [2.45, 2.75) is 25.6 Å². The van der Waals surface area contributed by atoms with E-state index in [1.54, 1.807) is 6.33 Å². The summed E-state index contributed by atoms with van der Waals surface area (Å²) in [7, 11) is 0. The topological polar surface area (TPSA) is 28.7 Å². The van der Waals surface area contributed by atoms with Crippen molar-refractivity contribution in [1.29, 1.82) is 0 Å². The van der Waals surface area contributed by atoms with E-state index in [0.717, 1.165) is 11.4 Å². The summed E-state index contributed by atoms with van der Waals surface area (Å²) in [4.78, 5) is 7.13. The Morgan fingerprint density at radius 1 is 1.70 bits per heavy atom. The maximum Gasteiger partial charge on any atom is 0.0925 e. The van der Waals surface area contributed by atoms with Gasteiger partial charge < -0.3 is 4.98 Å². The predicted octanol–water partition coefficient (Wildman–Crippen LogP) is 2.27. The molecular formula is C7H11ClN2. The van der Waals surface area contributed by atoms with Crippen molar-refractivity contribution < 1.29 is 0 Å². The molecule has 0 aromatic carbocycles. The third kappa shape index (κ3) is 1.32. The van der Waals surface area contributed by atoms with Crippen LogP contribution in [0.4, 0.5) is 0 Å². The quantitative estimate of drug-likeness (QED) is 0.658. The summed E-state index contributed by atoms with van der Waals surface area (Å²) in [5.74, 6) is 0.980. The van der Waals surface area contributed by atoms with Gasteiger partial charge in [-0.2, -0.15) is 0 Å². The molecule has 0 radical (unpaired) electrons. The van der Waals surface area contributed by atoms with Gasteiger partial charge in [-0.05, 0) is 5.92 Å². The third-order valence-corrected chi connectivity index (χ3v) is 1.71. The van der Waals surface area contributed by atoms with E-state index in [-0.39, 0.29) is 0 Å². The predicted molar refractivity (Wildman–Crippen MR) is 42.2 cm³/mol. The Labute approximate surface area is 65.6 Å². The maximum atomic E-state index is 5.64. The van der Waals surface area contributed by atoms with Gasteiger partial charge in [0.05, 0.1) is 17.9 Å². The molecule has 0 bridgehead atoms. The van der Waals surface area contributed by atoms with Crippen LogP contribution in [0.1, 0.15) is 31.2 Å². The number of hydrogen-bond donors (Lipinski definition) is 1. The molecule has 56 valence electrons. The molecule has 3 heteroatoms. The second-order valence-corrected chi connectivity index (χ2v) is 2.82. The van der Waals surface area contributed by atoms with Gasteiger partial charge in [0.2, 0.25) is 0 Å². The first-order chi connectivity index (χ1) is 4.75. The molecule has 0 unspecified atom stereocenters. The van der Waals surface area contributed by atoms with Crippen LogP contribution in [0.3, 0.4) is 0 Å². The number of alkyl halides is 1. The Kier molecular flexibility index (Phi) is 2.33. The molecule has 1 rings (SSSR count). The SMILES string of the molecule is CC(C)c1[nH]cnc1CCl. The van der Waals surface area contributed by atoms with E-state index < -0.39 is 0 Å². The van der Waals surface area contributed by atoms with Gasteiger partial charge in [-0.25, -0.2) is 4.98 Å². The van der Waals surface area contributed by atoms with Crippen LogP contribution >= 0.6 is 11.6 Å². The van der Waals surface area contributed by atoms with Crippen LogP contribution in [-0.2, 0) is 5.88 Å². The van der Waals surface area contributed by atoms with Crippen LogP contribution in [0.2, 0.25) is 0 Å². The van der Waals surface area contributed by atoms with Crippen molar-refractivity contribution in [3.63, 3.8) is 0 Å². The minimum atomic E-state index is 0.483. The van der Waals surface area contributed by atoms with Crippen molar-refractivity contribution in [3.8, 4) is 0 Å². The number of nitrogens with zero attached hydrogens (tertiary/aromatic N) is 1. The number of halogens is 1. The number of imidazole rings is 1. The van der Waals surface area contributed by atoms with E-state index in [0.29, 0.717) is 11.8 Å². The van der Waals surface area contributed by atoms with E-state index in [9.17, 15) is 0 Å². The zero-order valence-electron chi connectivity index (χ0n) is 6.19. The highest BCUT2D eigenvalue weighted by molar-refractivity contribution is 6.16. The van der Waals surface area contributed by atoms with Crippen LogP contribution in [0.15, 0.2) is 6.33 Å². The second kappa shape index (κ2) is 3.06. The normalized spacial score (nSPS) is 10.8. The Balaban J connectivity index is 2.90. The molecule has 10 heavy (non-hydrogen) atoms. The number of aromatic nitrogens is 2. The van der Waals surface area contributed by atoms with Gasteiger partial charge in [0.15, 0.2) is 0 Å². The molecule has 0 saturated carbocycles. The molecule has 0 amide bonds. The fraction of sp³-hybridized carbons (Fsp3) is 0.571. The smallest absolute Gasteiger partial charge is 0.0925 e. The molecule has 0 aliphatic heterocycles. The van der Waals surface area contributed by atoms with Gasteiger partial charge >= 0.3 is 0 Å². The first-order valence-corrected chi connectivity index (χ1v) is 3.87. The molecule has 0 atom stereocenters. The van der Waals surface area contributed by atoms with Gasteiger partial charge in [-0.3, -0.25) is 0 Å². The summed E-state index contributed by atoms with van der Waals surface area (Å²) in [6.07, 6.45) is 1.69. The zero-order chi connectivity index (χ0) is 7.56. The van der Waals surface area contributed by atoms with Crippen molar-refractivity contribution >= 4 is 11.6 Å². The molecule has 0 spiro atoms. The fourth-order valence-electron chi connectivity index (χ4n) is 0.939. The highest BCUT2D eigenvalue weighted by Gasteiger charge is 2.06. The average molecular weight is 159 g/mol. The summed E-state index contributed by atoms with van der Waals surface area (Å²) >= 11 is 5.64. The van der Waals surface area contributed by atoms with Crippen LogP contribution in [0.25, 0.3) is 0 Å². The van der Waals surface area contributed by atoms with E-state index in [1.165, 1.54) is 0 Å². The largest absolute Gasteiger partial charge is 0.348 e. The summed E-state index contributed by atoms with van der Waals surface area (Å²) in [6, 6.07) is 0. The van der Waals surface area contributed by atoms with Crippen LogP contribution < -0.4 is 0 Å². The Bertz CT molecular complexity index is 205. The summed E-state index contributed by atoms with van der Waals surface area (Å²) in [5, 5.41) is 0. The van der Waals surface area contributed by atoms with Crippen LogP contribution in [0, 0.1) is 0 Å². The van der Waals surface area contributed by atoms with Crippen molar-refractivity contribution in [1.82, 2.24) is 9.97 Å². The first-order valence-electron chi connectivity index (χ1n) is 3.33. The van der Waals surface area contributed by atoms with Gasteiger partial charge in [0.1, 0.15) is 0 Å². The first kappa shape index (κ1) is 7.61. The van der Waals surface area contributed by atoms with E-state index in [2.05, 4.69) is 23.8 Å².